The number of aryl methyl sites for hydroxylation is 2. The van der Waals surface area contributed by atoms with Crippen molar-refractivity contribution in [3.8, 4) is 0 Å². The maximum absolute atomic E-state index is 12.6. The molecule has 0 spiro atoms. The van der Waals surface area contributed by atoms with Crippen LogP contribution in [0.2, 0.25) is 0 Å². The van der Waals surface area contributed by atoms with E-state index < -0.39 is 10.0 Å². The first-order valence-electron chi connectivity index (χ1n) is 8.21. The molecule has 7 nitrogen and oxygen atoms in total. The second-order valence-electron chi connectivity index (χ2n) is 6.30. The van der Waals surface area contributed by atoms with Crippen LogP contribution in [0.25, 0.3) is 0 Å². The number of H-pyrrole nitrogens is 1. The molecule has 1 saturated heterocycles. The molecule has 1 aliphatic rings. The van der Waals surface area contributed by atoms with Gasteiger partial charge in [0, 0.05) is 24.0 Å². The number of hydrogen-bond donors (Lipinski definition) is 2. The third-order valence-electron chi connectivity index (χ3n) is 4.40. The van der Waals surface area contributed by atoms with Crippen molar-refractivity contribution in [3.63, 3.8) is 0 Å². The van der Waals surface area contributed by atoms with E-state index in [1.165, 1.54) is 0 Å². The number of thiophene rings is 1. The molecule has 0 saturated carbocycles. The number of sulfonamides is 1. The number of nitrogens with one attached hydrogen (secondary N) is 2. The average Bonchev–Trinajstić information content (AvgIpc) is 3.17. The van der Waals surface area contributed by atoms with Crippen molar-refractivity contribution < 1.29 is 13.2 Å². The van der Waals surface area contributed by atoms with Crippen molar-refractivity contribution in [1.29, 1.82) is 0 Å². The lowest BCUT2D eigenvalue weighted by molar-refractivity contribution is -0.131. The average molecular weight is 383 g/mol. The van der Waals surface area contributed by atoms with E-state index in [1.807, 2.05) is 22.4 Å². The molecule has 25 heavy (non-hydrogen) atoms. The maximum atomic E-state index is 12.6. The molecule has 2 aromatic heterocycles. The number of carbonyl (C=O) groups excluding carboxylic acids is 1. The Morgan fingerprint density at radius 3 is 2.68 bits per heavy atom. The third-order valence-corrected chi connectivity index (χ3v) is 7.06. The van der Waals surface area contributed by atoms with Crippen LogP contribution < -0.4 is 4.72 Å². The van der Waals surface area contributed by atoms with Crippen molar-refractivity contribution in [2.75, 3.05) is 13.1 Å². The number of rotatable bonds is 5. The van der Waals surface area contributed by atoms with E-state index in [1.54, 1.807) is 25.2 Å². The summed E-state index contributed by atoms with van der Waals surface area (Å²) in [7, 11) is -3.60. The highest BCUT2D eigenvalue weighted by atomic mass is 32.2. The van der Waals surface area contributed by atoms with Gasteiger partial charge in [0.1, 0.15) is 4.90 Å². The fraction of sp³-hybridized carbons (Fsp3) is 0.500. The standard InChI is InChI=1S/C16H22N4O3S2/c1-11-16(12(2)18-17-11)25(22,23)19-13-5-7-20(8-6-13)15(21)10-14-4-3-9-24-14/h3-4,9,13,19H,5-8,10H2,1-2H3,(H,17,18). The number of likely N-dealkylation sites (tertiary alicyclic amines) is 1. The Morgan fingerprint density at radius 1 is 1.40 bits per heavy atom. The molecule has 1 aliphatic heterocycles. The molecule has 3 heterocycles. The van der Waals surface area contributed by atoms with Gasteiger partial charge in [-0.3, -0.25) is 9.89 Å². The highest BCUT2D eigenvalue weighted by molar-refractivity contribution is 7.89. The van der Waals surface area contributed by atoms with Gasteiger partial charge in [0.15, 0.2) is 0 Å². The zero-order valence-corrected chi connectivity index (χ0v) is 15.9. The second kappa shape index (κ2) is 7.27. The highest BCUT2D eigenvalue weighted by Crippen LogP contribution is 2.20. The predicted molar refractivity (Wildman–Crippen MR) is 96.0 cm³/mol. The van der Waals surface area contributed by atoms with Crippen LogP contribution in [0.4, 0.5) is 0 Å². The lowest BCUT2D eigenvalue weighted by atomic mass is 10.1. The van der Waals surface area contributed by atoms with E-state index in [4.69, 9.17) is 0 Å². The minimum Gasteiger partial charge on any atom is -0.342 e. The van der Waals surface area contributed by atoms with Crippen LogP contribution in [-0.4, -0.2) is 48.6 Å². The van der Waals surface area contributed by atoms with Gasteiger partial charge in [0.2, 0.25) is 15.9 Å². The number of aromatic nitrogens is 2. The second-order valence-corrected chi connectivity index (χ2v) is 8.98. The number of nitrogens with zero attached hydrogens (tertiary/aromatic N) is 2. The molecule has 0 bridgehead atoms. The van der Waals surface area contributed by atoms with Crippen LogP contribution in [0.3, 0.4) is 0 Å². The smallest absolute Gasteiger partial charge is 0.244 e. The summed E-state index contributed by atoms with van der Waals surface area (Å²) < 4.78 is 27.9. The molecule has 0 aromatic carbocycles. The van der Waals surface area contributed by atoms with E-state index >= 15 is 0 Å². The number of aromatic amines is 1. The summed E-state index contributed by atoms with van der Waals surface area (Å²) in [6.07, 6.45) is 1.65. The SMILES string of the molecule is Cc1n[nH]c(C)c1S(=O)(=O)NC1CCN(C(=O)Cc2cccs2)CC1. The molecular formula is C16H22N4O3S2. The molecule has 0 unspecified atom stereocenters. The topological polar surface area (TPSA) is 95.2 Å². The van der Waals surface area contributed by atoms with Gasteiger partial charge in [0.25, 0.3) is 0 Å². The van der Waals surface area contributed by atoms with Gasteiger partial charge in [-0.15, -0.1) is 11.3 Å². The van der Waals surface area contributed by atoms with Crippen LogP contribution in [0.15, 0.2) is 22.4 Å². The van der Waals surface area contributed by atoms with Crippen LogP contribution in [0, 0.1) is 13.8 Å². The zero-order valence-electron chi connectivity index (χ0n) is 14.3. The number of piperidine rings is 1. The Hall–Kier alpha value is -1.71. The maximum Gasteiger partial charge on any atom is 0.244 e. The molecule has 3 rings (SSSR count). The van der Waals surface area contributed by atoms with E-state index in [9.17, 15) is 13.2 Å². The van der Waals surface area contributed by atoms with Gasteiger partial charge in [-0.25, -0.2) is 13.1 Å². The summed E-state index contributed by atoms with van der Waals surface area (Å²) >= 11 is 1.58. The van der Waals surface area contributed by atoms with Crippen molar-refractivity contribution in [1.82, 2.24) is 19.8 Å². The fourth-order valence-corrected chi connectivity index (χ4v) is 5.51. The Balaban J connectivity index is 1.56. The summed E-state index contributed by atoms with van der Waals surface area (Å²) in [4.78, 5) is 15.4. The summed E-state index contributed by atoms with van der Waals surface area (Å²) in [6, 6.07) is 3.73. The quantitative estimate of drug-likeness (QED) is 0.821. The molecule has 0 radical (unpaired) electrons. The summed E-state index contributed by atoms with van der Waals surface area (Å²) in [5, 5.41) is 8.61. The predicted octanol–water partition coefficient (Wildman–Crippen LogP) is 1.60. The minimum absolute atomic E-state index is 0.102. The molecule has 1 amide bonds. The van der Waals surface area contributed by atoms with E-state index in [0.29, 0.717) is 43.7 Å². The van der Waals surface area contributed by atoms with E-state index in [2.05, 4.69) is 14.9 Å². The lowest BCUT2D eigenvalue weighted by Crippen LogP contribution is -2.47. The molecule has 2 aromatic rings. The van der Waals surface area contributed by atoms with Gasteiger partial charge in [-0.1, -0.05) is 6.07 Å². The molecule has 136 valence electrons. The Morgan fingerprint density at radius 2 is 2.12 bits per heavy atom. The molecule has 0 aliphatic carbocycles. The van der Waals surface area contributed by atoms with E-state index in [0.717, 1.165) is 4.88 Å². The van der Waals surface area contributed by atoms with Gasteiger partial charge in [0.05, 0.1) is 17.8 Å². The van der Waals surface area contributed by atoms with Crippen LogP contribution >= 0.6 is 11.3 Å². The van der Waals surface area contributed by atoms with Crippen molar-refractivity contribution in [2.24, 2.45) is 0 Å². The van der Waals surface area contributed by atoms with E-state index in [-0.39, 0.29) is 16.8 Å². The third kappa shape index (κ3) is 4.10. The molecular weight excluding hydrogens is 360 g/mol. The van der Waals surface area contributed by atoms with Gasteiger partial charge < -0.3 is 4.90 Å². The number of amides is 1. The van der Waals surface area contributed by atoms with Gasteiger partial charge >= 0.3 is 0 Å². The van der Waals surface area contributed by atoms with Crippen molar-refractivity contribution in [3.05, 3.63) is 33.8 Å². The highest BCUT2D eigenvalue weighted by Gasteiger charge is 2.29. The first-order chi connectivity index (χ1) is 11.9. The normalized spacial score (nSPS) is 16.3. The Labute approximate surface area is 151 Å². The lowest BCUT2D eigenvalue weighted by Gasteiger charge is -2.32. The molecule has 1 fully saturated rings. The first-order valence-corrected chi connectivity index (χ1v) is 10.6. The summed E-state index contributed by atoms with van der Waals surface area (Å²) in [5.74, 6) is 0.102. The minimum atomic E-state index is -3.60. The monoisotopic (exact) mass is 382 g/mol. The van der Waals surface area contributed by atoms with Crippen LogP contribution in [-0.2, 0) is 21.2 Å². The molecule has 0 atom stereocenters. The van der Waals surface area contributed by atoms with Gasteiger partial charge in [-0.2, -0.15) is 5.10 Å². The van der Waals surface area contributed by atoms with Crippen molar-refractivity contribution in [2.45, 2.75) is 44.0 Å². The Kier molecular flexibility index (Phi) is 5.26. The largest absolute Gasteiger partial charge is 0.342 e. The summed E-state index contributed by atoms with van der Waals surface area (Å²) in [5.41, 5.74) is 1.00. The number of carbonyl (C=O) groups is 1. The number of hydrogen-bond acceptors (Lipinski definition) is 5. The van der Waals surface area contributed by atoms with Gasteiger partial charge in [-0.05, 0) is 38.1 Å². The van der Waals surface area contributed by atoms with Crippen LogP contribution in [0.5, 0.6) is 0 Å². The Bertz CT molecular complexity index is 815. The summed E-state index contributed by atoms with van der Waals surface area (Å²) in [6.45, 7) is 4.51. The van der Waals surface area contributed by atoms with Crippen molar-refractivity contribution >= 4 is 27.3 Å². The zero-order chi connectivity index (χ0) is 18.0. The molecule has 9 heteroatoms. The molecule has 2 N–H and O–H groups in total. The van der Waals surface area contributed by atoms with Crippen LogP contribution in [0.1, 0.15) is 29.1 Å². The fourth-order valence-electron chi connectivity index (χ4n) is 3.14. The first kappa shape index (κ1) is 18.1.